The number of carbonyl (C=O) groups excluding carboxylic acids is 2. The van der Waals surface area contributed by atoms with Gasteiger partial charge in [-0.15, -0.1) is 0 Å². The van der Waals surface area contributed by atoms with E-state index in [0.717, 1.165) is 27.6 Å². The zero-order valence-corrected chi connectivity index (χ0v) is 18.9. The van der Waals surface area contributed by atoms with Crippen LogP contribution >= 0.6 is 12.2 Å². The molecular formula is C27H23N3O2S. The van der Waals surface area contributed by atoms with Gasteiger partial charge in [0.1, 0.15) is 0 Å². The standard InChI is InChI=1S/C27H23N3O2S/c1-18-7-4-12-22(15-18)28-26(32)21-11-6-13-23(16-21)29-27(33)30-25(31)17-20-10-5-9-19-8-2-3-14-24(19)20/h2-16H,17H2,1H3,(H,28,32)(H2,29,30,31,33). The van der Waals surface area contributed by atoms with Gasteiger partial charge in [0.15, 0.2) is 5.11 Å². The lowest BCUT2D eigenvalue weighted by molar-refractivity contribution is -0.119. The van der Waals surface area contributed by atoms with Crippen molar-refractivity contribution in [3.05, 3.63) is 108 Å². The minimum atomic E-state index is -0.227. The van der Waals surface area contributed by atoms with Crippen molar-refractivity contribution < 1.29 is 9.59 Å². The summed E-state index contributed by atoms with van der Waals surface area (Å²) in [6.07, 6.45) is 0.210. The van der Waals surface area contributed by atoms with Gasteiger partial charge in [0.05, 0.1) is 6.42 Å². The van der Waals surface area contributed by atoms with Crippen LogP contribution in [0.5, 0.6) is 0 Å². The lowest BCUT2D eigenvalue weighted by Gasteiger charge is -2.12. The number of benzene rings is 4. The van der Waals surface area contributed by atoms with E-state index in [9.17, 15) is 9.59 Å². The van der Waals surface area contributed by atoms with Gasteiger partial charge in [-0.05, 0) is 71.4 Å². The van der Waals surface area contributed by atoms with Crippen molar-refractivity contribution in [1.29, 1.82) is 0 Å². The molecule has 3 N–H and O–H groups in total. The molecule has 0 saturated carbocycles. The number of nitrogens with one attached hydrogen (secondary N) is 3. The molecule has 4 aromatic rings. The largest absolute Gasteiger partial charge is 0.332 e. The third-order valence-corrected chi connectivity index (χ3v) is 5.35. The second kappa shape index (κ2) is 10.1. The molecule has 0 aliphatic heterocycles. The Morgan fingerprint density at radius 3 is 2.30 bits per heavy atom. The van der Waals surface area contributed by atoms with Crippen LogP contribution in [-0.2, 0) is 11.2 Å². The number of hydrogen-bond donors (Lipinski definition) is 3. The van der Waals surface area contributed by atoms with Crippen LogP contribution in [0.25, 0.3) is 10.8 Å². The van der Waals surface area contributed by atoms with Crippen LogP contribution in [0.15, 0.2) is 91.0 Å². The Kier molecular flexibility index (Phi) is 6.76. The second-order valence-corrected chi connectivity index (χ2v) is 8.13. The van der Waals surface area contributed by atoms with E-state index in [1.54, 1.807) is 24.3 Å². The number of anilines is 2. The molecule has 33 heavy (non-hydrogen) atoms. The molecule has 164 valence electrons. The molecule has 0 fully saturated rings. The van der Waals surface area contributed by atoms with E-state index in [0.29, 0.717) is 11.3 Å². The van der Waals surface area contributed by atoms with E-state index in [4.69, 9.17) is 12.2 Å². The van der Waals surface area contributed by atoms with Gasteiger partial charge >= 0.3 is 0 Å². The number of fused-ring (bicyclic) bond motifs is 1. The summed E-state index contributed by atoms with van der Waals surface area (Å²) in [5.74, 6) is -0.438. The van der Waals surface area contributed by atoms with Crippen LogP contribution in [0, 0.1) is 6.92 Å². The molecule has 0 aromatic heterocycles. The molecule has 0 aliphatic rings. The zero-order valence-electron chi connectivity index (χ0n) is 18.1. The highest BCUT2D eigenvalue weighted by Gasteiger charge is 2.11. The van der Waals surface area contributed by atoms with Gasteiger partial charge in [-0.3, -0.25) is 9.59 Å². The Morgan fingerprint density at radius 2 is 1.48 bits per heavy atom. The summed E-state index contributed by atoms with van der Waals surface area (Å²) in [5, 5.41) is 10.9. The highest BCUT2D eigenvalue weighted by molar-refractivity contribution is 7.80. The third-order valence-electron chi connectivity index (χ3n) is 5.14. The zero-order chi connectivity index (χ0) is 23.2. The maximum atomic E-state index is 12.6. The van der Waals surface area contributed by atoms with Crippen LogP contribution in [-0.4, -0.2) is 16.9 Å². The Hall–Kier alpha value is -4.03. The van der Waals surface area contributed by atoms with E-state index in [1.807, 2.05) is 73.7 Å². The Labute approximate surface area is 197 Å². The molecule has 0 aliphatic carbocycles. The fourth-order valence-corrected chi connectivity index (χ4v) is 3.85. The second-order valence-electron chi connectivity index (χ2n) is 7.72. The number of amides is 2. The smallest absolute Gasteiger partial charge is 0.255 e. The van der Waals surface area contributed by atoms with Gasteiger partial charge in [0.25, 0.3) is 5.91 Å². The lowest BCUT2D eigenvalue weighted by atomic mass is 10.0. The Balaban J connectivity index is 1.37. The SMILES string of the molecule is Cc1cccc(NC(=O)c2cccc(NC(=S)NC(=O)Cc3cccc4ccccc34)c2)c1. The summed E-state index contributed by atoms with van der Waals surface area (Å²) < 4.78 is 0. The van der Waals surface area contributed by atoms with E-state index in [2.05, 4.69) is 16.0 Å². The van der Waals surface area contributed by atoms with Gasteiger partial charge in [-0.2, -0.15) is 0 Å². The first-order valence-electron chi connectivity index (χ1n) is 10.5. The number of carbonyl (C=O) groups is 2. The maximum absolute atomic E-state index is 12.6. The predicted molar refractivity (Wildman–Crippen MR) is 138 cm³/mol. The molecular weight excluding hydrogens is 430 g/mol. The summed E-state index contributed by atoms with van der Waals surface area (Å²) in [7, 11) is 0. The minimum Gasteiger partial charge on any atom is -0.332 e. The molecule has 4 rings (SSSR count). The van der Waals surface area contributed by atoms with Crippen LogP contribution in [0.3, 0.4) is 0 Å². The molecule has 0 saturated heterocycles. The summed E-state index contributed by atoms with van der Waals surface area (Å²) >= 11 is 5.31. The van der Waals surface area contributed by atoms with Gasteiger partial charge < -0.3 is 16.0 Å². The third kappa shape index (κ3) is 5.81. The molecule has 5 nitrogen and oxygen atoms in total. The highest BCUT2D eigenvalue weighted by atomic mass is 32.1. The molecule has 0 spiro atoms. The molecule has 0 unspecified atom stereocenters. The van der Waals surface area contributed by atoms with Gasteiger partial charge in [-0.25, -0.2) is 0 Å². The van der Waals surface area contributed by atoms with Crippen molar-refractivity contribution in [1.82, 2.24) is 5.32 Å². The van der Waals surface area contributed by atoms with E-state index in [-0.39, 0.29) is 23.3 Å². The topological polar surface area (TPSA) is 70.2 Å². The average Bonchev–Trinajstić information content (AvgIpc) is 2.79. The molecule has 0 radical (unpaired) electrons. The first-order chi connectivity index (χ1) is 16.0. The van der Waals surface area contributed by atoms with Crippen LogP contribution in [0.4, 0.5) is 11.4 Å². The van der Waals surface area contributed by atoms with Crippen LogP contribution in [0.2, 0.25) is 0 Å². The number of rotatable bonds is 5. The van der Waals surface area contributed by atoms with Crippen molar-refractivity contribution in [3.8, 4) is 0 Å². The summed E-state index contributed by atoms with van der Waals surface area (Å²) in [5.41, 5.74) is 3.82. The highest BCUT2D eigenvalue weighted by Crippen LogP contribution is 2.19. The van der Waals surface area contributed by atoms with Crippen molar-refractivity contribution in [2.24, 2.45) is 0 Å². The molecule has 0 heterocycles. The monoisotopic (exact) mass is 453 g/mol. The van der Waals surface area contributed by atoms with Crippen molar-refractivity contribution in [3.63, 3.8) is 0 Å². The normalized spacial score (nSPS) is 10.5. The summed E-state index contributed by atoms with van der Waals surface area (Å²) in [4.78, 5) is 25.2. The summed E-state index contributed by atoms with van der Waals surface area (Å²) in [6.45, 7) is 1.97. The van der Waals surface area contributed by atoms with Crippen LogP contribution in [0.1, 0.15) is 21.5 Å². The average molecular weight is 454 g/mol. The van der Waals surface area contributed by atoms with Crippen molar-refractivity contribution >= 4 is 51.3 Å². The van der Waals surface area contributed by atoms with Crippen molar-refractivity contribution in [2.75, 3.05) is 10.6 Å². The fraction of sp³-hybridized carbons (Fsp3) is 0.0741. The molecule has 0 bridgehead atoms. The van der Waals surface area contributed by atoms with Gasteiger partial charge in [-0.1, -0.05) is 60.7 Å². The van der Waals surface area contributed by atoms with Crippen LogP contribution < -0.4 is 16.0 Å². The summed E-state index contributed by atoms with van der Waals surface area (Å²) in [6, 6.07) is 28.4. The molecule has 0 atom stereocenters. The quantitative estimate of drug-likeness (QED) is 0.351. The predicted octanol–water partition coefficient (Wildman–Crippen LogP) is 5.46. The Bertz CT molecular complexity index is 1340. The van der Waals surface area contributed by atoms with Crippen molar-refractivity contribution in [2.45, 2.75) is 13.3 Å². The maximum Gasteiger partial charge on any atom is 0.255 e. The van der Waals surface area contributed by atoms with E-state index >= 15 is 0 Å². The molecule has 6 heteroatoms. The van der Waals surface area contributed by atoms with E-state index < -0.39 is 0 Å². The fourth-order valence-electron chi connectivity index (χ4n) is 3.62. The number of aryl methyl sites for hydroxylation is 1. The van der Waals surface area contributed by atoms with Gasteiger partial charge in [0.2, 0.25) is 5.91 Å². The molecule has 2 amide bonds. The number of hydrogen-bond acceptors (Lipinski definition) is 3. The molecule has 4 aromatic carbocycles. The van der Waals surface area contributed by atoms with E-state index in [1.165, 1.54) is 0 Å². The Morgan fingerprint density at radius 1 is 0.788 bits per heavy atom. The first kappa shape index (κ1) is 22.2. The lowest BCUT2D eigenvalue weighted by Crippen LogP contribution is -2.35. The number of thiocarbonyl (C=S) groups is 1. The van der Waals surface area contributed by atoms with Gasteiger partial charge in [0, 0.05) is 16.9 Å². The minimum absolute atomic E-state index is 0.177. The first-order valence-corrected chi connectivity index (χ1v) is 10.9.